The summed E-state index contributed by atoms with van der Waals surface area (Å²) in [6.45, 7) is 0. The number of alkyl halides is 3. The molecule has 1 aromatic carbocycles. The first-order valence-electron chi connectivity index (χ1n) is 3.20. The molecule has 0 bridgehead atoms. The first-order chi connectivity index (χ1) is 6.31. The predicted octanol–water partition coefficient (Wildman–Crippen LogP) is 4.09. The molecule has 0 fully saturated rings. The lowest BCUT2D eigenvalue weighted by Crippen LogP contribution is -2.18. The Morgan fingerprint density at radius 2 is 1.86 bits per heavy atom. The van der Waals surface area contributed by atoms with Crippen LogP contribution in [0.5, 0.6) is 5.75 Å². The topological polar surface area (TPSA) is 9.23 Å². The molecule has 1 aromatic rings. The molecule has 1 rings (SSSR count). The fourth-order valence-electron chi connectivity index (χ4n) is 0.718. The van der Waals surface area contributed by atoms with E-state index in [1.54, 1.807) is 22.6 Å². The summed E-state index contributed by atoms with van der Waals surface area (Å²) < 4.78 is 52.1. The molecule has 0 aromatic heterocycles. The Hall–Kier alpha value is -0.0500. The number of halogens is 6. The van der Waals surface area contributed by atoms with Gasteiger partial charge in [-0.2, -0.15) is 0 Å². The molecule has 0 saturated heterocycles. The average Bonchev–Trinajstić information content (AvgIpc) is 2.04. The minimum Gasteiger partial charge on any atom is -0.401 e. The van der Waals surface area contributed by atoms with Crippen molar-refractivity contribution in [2.45, 2.75) is 6.36 Å². The quantitative estimate of drug-likeness (QED) is 0.402. The highest BCUT2D eigenvalue weighted by molar-refractivity contribution is 14.1. The van der Waals surface area contributed by atoms with Gasteiger partial charge >= 0.3 is 6.36 Å². The summed E-state index contributed by atoms with van der Waals surface area (Å²) in [6.07, 6.45) is -4.90. The van der Waals surface area contributed by atoms with Crippen molar-refractivity contribution in [1.29, 1.82) is 0 Å². The number of ether oxygens (including phenoxy) is 1. The van der Waals surface area contributed by atoms with E-state index in [0.29, 0.717) is 0 Å². The molecule has 0 amide bonds. The summed E-state index contributed by atoms with van der Waals surface area (Å²) in [4.78, 5) is 0. The number of hydrogen-bond acceptors (Lipinski definition) is 1. The maximum atomic E-state index is 13.1. The van der Waals surface area contributed by atoms with Gasteiger partial charge < -0.3 is 4.74 Å². The van der Waals surface area contributed by atoms with Crippen molar-refractivity contribution < 1.29 is 22.3 Å². The van der Waals surface area contributed by atoms with Crippen LogP contribution < -0.4 is 4.74 Å². The zero-order valence-corrected chi connectivity index (χ0v) is 10.1. The van der Waals surface area contributed by atoms with Crippen LogP contribution in [0.2, 0.25) is 0 Å². The lowest BCUT2D eigenvalue weighted by atomic mass is 10.3. The molecule has 78 valence electrons. The molecule has 7 heteroatoms. The van der Waals surface area contributed by atoms with Crippen molar-refractivity contribution in [3.05, 3.63) is 26.0 Å². The molecule has 1 nitrogen and oxygen atoms in total. The third kappa shape index (κ3) is 2.97. The number of hydrogen-bond donors (Lipinski definition) is 0. The molecule has 0 spiro atoms. The lowest BCUT2D eigenvalue weighted by molar-refractivity contribution is -0.275. The van der Waals surface area contributed by atoms with Crippen LogP contribution in [0.1, 0.15) is 0 Å². The fraction of sp³-hybridized carbons (Fsp3) is 0.143. The lowest BCUT2D eigenvalue weighted by Gasteiger charge is -2.11. The molecule has 0 aliphatic carbocycles. The van der Waals surface area contributed by atoms with Crippen LogP contribution in [0.15, 0.2) is 16.6 Å². The maximum Gasteiger partial charge on any atom is 0.573 e. The van der Waals surface area contributed by atoms with E-state index in [4.69, 9.17) is 0 Å². The molecule has 0 unspecified atom stereocenters. The molecule has 0 aliphatic rings. The molecule has 14 heavy (non-hydrogen) atoms. The van der Waals surface area contributed by atoms with Crippen LogP contribution in [0.4, 0.5) is 17.6 Å². The van der Waals surface area contributed by atoms with E-state index in [1.165, 1.54) is 12.1 Å². The van der Waals surface area contributed by atoms with Gasteiger partial charge in [0.1, 0.15) is 0 Å². The molecule has 0 N–H and O–H groups in total. The van der Waals surface area contributed by atoms with Gasteiger partial charge in [-0.05, 0) is 50.7 Å². The van der Waals surface area contributed by atoms with E-state index in [-0.39, 0.29) is 8.04 Å². The molecule has 0 atom stereocenters. The van der Waals surface area contributed by atoms with Gasteiger partial charge in [-0.3, -0.25) is 0 Å². The average molecular weight is 385 g/mol. The van der Waals surface area contributed by atoms with Crippen LogP contribution >= 0.6 is 38.5 Å². The Morgan fingerprint density at radius 1 is 1.29 bits per heavy atom. The highest BCUT2D eigenvalue weighted by Crippen LogP contribution is 2.34. The highest BCUT2D eigenvalue weighted by atomic mass is 127. The van der Waals surface area contributed by atoms with E-state index in [2.05, 4.69) is 20.7 Å². The molecule has 0 heterocycles. The second-order valence-electron chi connectivity index (χ2n) is 2.22. The highest BCUT2D eigenvalue weighted by Gasteiger charge is 2.33. The van der Waals surface area contributed by atoms with E-state index in [0.717, 1.165) is 0 Å². The normalized spacial score (nSPS) is 11.6. The largest absolute Gasteiger partial charge is 0.573 e. The summed E-state index contributed by atoms with van der Waals surface area (Å²) in [6, 6.07) is 2.62. The van der Waals surface area contributed by atoms with Crippen LogP contribution in [0.25, 0.3) is 0 Å². The van der Waals surface area contributed by atoms with E-state index < -0.39 is 17.9 Å². The Kier molecular flexibility index (Phi) is 3.62. The third-order valence-electron chi connectivity index (χ3n) is 1.22. The zero-order valence-electron chi connectivity index (χ0n) is 6.33. The standard InChI is InChI=1S/C7H2BrF4IO/c8-3-1-2-4(13)5(9)6(3)14-7(10,11)12/h1-2H. The minimum atomic E-state index is -4.90. The third-order valence-corrected chi connectivity index (χ3v) is 2.68. The second-order valence-corrected chi connectivity index (χ2v) is 4.24. The van der Waals surface area contributed by atoms with Crippen LogP contribution in [0, 0.1) is 9.39 Å². The molecular weight excluding hydrogens is 383 g/mol. The Bertz CT molecular complexity index is 352. The summed E-state index contributed by atoms with van der Waals surface area (Å²) >= 11 is 4.34. The van der Waals surface area contributed by atoms with Gasteiger partial charge in [-0.15, -0.1) is 13.2 Å². The van der Waals surface area contributed by atoms with Crippen LogP contribution in [-0.2, 0) is 0 Å². The van der Waals surface area contributed by atoms with E-state index in [9.17, 15) is 17.6 Å². The predicted molar refractivity (Wildman–Crippen MR) is 53.5 cm³/mol. The smallest absolute Gasteiger partial charge is 0.401 e. The van der Waals surface area contributed by atoms with Gasteiger partial charge in [-0.1, -0.05) is 0 Å². The summed E-state index contributed by atoms with van der Waals surface area (Å²) in [5.41, 5.74) is 0. The summed E-state index contributed by atoms with van der Waals surface area (Å²) in [5, 5.41) is 0. The number of benzene rings is 1. The van der Waals surface area contributed by atoms with Crippen molar-refractivity contribution in [2.24, 2.45) is 0 Å². The number of rotatable bonds is 1. The fourth-order valence-corrected chi connectivity index (χ4v) is 1.53. The van der Waals surface area contributed by atoms with Crippen LogP contribution in [0.3, 0.4) is 0 Å². The van der Waals surface area contributed by atoms with E-state index >= 15 is 0 Å². The van der Waals surface area contributed by atoms with Crippen molar-refractivity contribution >= 4 is 38.5 Å². The maximum absolute atomic E-state index is 13.1. The molecule has 0 radical (unpaired) electrons. The SMILES string of the molecule is Fc1c(I)ccc(Br)c1OC(F)(F)F. The van der Waals surface area contributed by atoms with Crippen LogP contribution in [-0.4, -0.2) is 6.36 Å². The van der Waals surface area contributed by atoms with Crippen molar-refractivity contribution in [2.75, 3.05) is 0 Å². The van der Waals surface area contributed by atoms with Gasteiger partial charge in [0.2, 0.25) is 0 Å². The Labute approximate surface area is 98.7 Å². The van der Waals surface area contributed by atoms with E-state index in [1.807, 2.05) is 0 Å². The monoisotopic (exact) mass is 384 g/mol. The first-order valence-corrected chi connectivity index (χ1v) is 5.07. The first kappa shape index (κ1) is 12.0. The van der Waals surface area contributed by atoms with Crippen molar-refractivity contribution in [3.8, 4) is 5.75 Å². The van der Waals surface area contributed by atoms with Gasteiger partial charge in [0.15, 0.2) is 11.6 Å². The van der Waals surface area contributed by atoms with Gasteiger partial charge in [-0.25, -0.2) is 4.39 Å². The van der Waals surface area contributed by atoms with Gasteiger partial charge in [0.05, 0.1) is 8.04 Å². The van der Waals surface area contributed by atoms with Gasteiger partial charge in [0, 0.05) is 0 Å². The minimum absolute atomic E-state index is 0.0602. The molecular formula is C7H2BrF4IO. The zero-order chi connectivity index (χ0) is 10.9. The Balaban J connectivity index is 3.13. The van der Waals surface area contributed by atoms with Crippen molar-refractivity contribution in [3.63, 3.8) is 0 Å². The van der Waals surface area contributed by atoms with Gasteiger partial charge in [0.25, 0.3) is 0 Å². The molecule has 0 aliphatic heterocycles. The van der Waals surface area contributed by atoms with Crippen molar-refractivity contribution in [1.82, 2.24) is 0 Å². The second kappa shape index (κ2) is 4.21. The molecule has 0 saturated carbocycles. The summed E-state index contributed by atoms with van der Waals surface area (Å²) in [5.74, 6) is -1.87. The Morgan fingerprint density at radius 3 is 2.36 bits per heavy atom. The summed E-state index contributed by atoms with van der Waals surface area (Å²) in [7, 11) is 0.